The zero-order chi connectivity index (χ0) is 20.1. The van der Waals surface area contributed by atoms with Gasteiger partial charge in [0.1, 0.15) is 4.88 Å². The second-order valence-corrected chi connectivity index (χ2v) is 6.88. The lowest BCUT2D eigenvalue weighted by molar-refractivity contribution is -0.126. The van der Waals surface area contributed by atoms with Gasteiger partial charge in [-0.1, -0.05) is 30.3 Å². The molecular weight excluding hydrogens is 383 g/mol. The maximum Gasteiger partial charge on any atom is 0.348 e. The van der Waals surface area contributed by atoms with Gasteiger partial charge in [0.25, 0.3) is 11.8 Å². The SMILES string of the molecule is CCOC(=O)c1cc2ccc(C(F)C(=O)NNC(=O)c3ccccc3)cc2s1. The van der Waals surface area contributed by atoms with Crippen LogP contribution in [0.15, 0.2) is 54.6 Å². The van der Waals surface area contributed by atoms with Crippen molar-refractivity contribution in [3.63, 3.8) is 0 Å². The quantitative estimate of drug-likeness (QED) is 0.507. The van der Waals surface area contributed by atoms with Crippen molar-refractivity contribution >= 4 is 39.2 Å². The first-order valence-corrected chi connectivity index (χ1v) is 9.31. The molecule has 0 radical (unpaired) electrons. The van der Waals surface area contributed by atoms with Crippen molar-refractivity contribution in [2.45, 2.75) is 13.1 Å². The number of esters is 1. The number of carbonyl (C=O) groups excluding carboxylic acids is 3. The Morgan fingerprint density at radius 2 is 1.82 bits per heavy atom. The van der Waals surface area contributed by atoms with E-state index < -0.39 is 24.0 Å². The molecule has 0 fully saturated rings. The maximum absolute atomic E-state index is 14.5. The largest absolute Gasteiger partial charge is 0.462 e. The standard InChI is InChI=1S/C20H17FN2O4S/c1-2-27-20(26)16-10-13-8-9-14(11-15(13)28-16)17(21)19(25)23-22-18(24)12-6-4-3-5-7-12/h3-11,17H,2H2,1H3,(H,22,24)(H,23,25). The van der Waals surface area contributed by atoms with Crippen LogP contribution in [0.3, 0.4) is 0 Å². The Morgan fingerprint density at radius 1 is 1.07 bits per heavy atom. The number of hydrazine groups is 1. The molecule has 0 aliphatic rings. The van der Waals surface area contributed by atoms with Crippen LogP contribution in [0.25, 0.3) is 10.1 Å². The third kappa shape index (κ3) is 4.34. The molecule has 0 saturated carbocycles. The lowest BCUT2D eigenvalue weighted by atomic mass is 10.1. The molecular formula is C20H17FN2O4S. The number of amides is 2. The molecule has 0 saturated heterocycles. The predicted molar refractivity (Wildman–Crippen MR) is 104 cm³/mol. The first-order valence-electron chi connectivity index (χ1n) is 8.49. The Hall–Kier alpha value is -3.26. The molecule has 0 bridgehead atoms. The van der Waals surface area contributed by atoms with Gasteiger partial charge in [-0.05, 0) is 42.1 Å². The van der Waals surface area contributed by atoms with Crippen LogP contribution in [-0.2, 0) is 9.53 Å². The zero-order valence-electron chi connectivity index (χ0n) is 14.9. The summed E-state index contributed by atoms with van der Waals surface area (Å²) in [7, 11) is 0. The van der Waals surface area contributed by atoms with Crippen LogP contribution in [0.2, 0.25) is 0 Å². The Morgan fingerprint density at radius 3 is 2.54 bits per heavy atom. The Balaban J connectivity index is 1.68. The van der Waals surface area contributed by atoms with E-state index in [1.165, 1.54) is 12.1 Å². The van der Waals surface area contributed by atoms with Crippen LogP contribution in [0, 0.1) is 0 Å². The van der Waals surface area contributed by atoms with E-state index in [0.29, 0.717) is 15.1 Å². The van der Waals surface area contributed by atoms with E-state index in [2.05, 4.69) is 10.9 Å². The van der Waals surface area contributed by atoms with Crippen molar-refractivity contribution in [2.24, 2.45) is 0 Å². The number of nitrogens with one attached hydrogen (secondary N) is 2. The molecule has 6 nitrogen and oxygen atoms in total. The molecule has 0 aliphatic heterocycles. The van der Waals surface area contributed by atoms with Crippen LogP contribution in [0.4, 0.5) is 4.39 Å². The molecule has 0 aliphatic carbocycles. The van der Waals surface area contributed by atoms with Crippen molar-refractivity contribution in [3.05, 3.63) is 70.6 Å². The molecule has 1 unspecified atom stereocenters. The second kappa shape index (κ2) is 8.62. The molecule has 0 spiro atoms. The van der Waals surface area contributed by atoms with Gasteiger partial charge in [0.2, 0.25) is 6.17 Å². The van der Waals surface area contributed by atoms with Crippen molar-refractivity contribution in [2.75, 3.05) is 6.61 Å². The van der Waals surface area contributed by atoms with Crippen LogP contribution in [0.5, 0.6) is 0 Å². The van der Waals surface area contributed by atoms with Gasteiger partial charge in [-0.25, -0.2) is 9.18 Å². The number of rotatable bonds is 5. The van der Waals surface area contributed by atoms with Gasteiger partial charge in [0.15, 0.2) is 0 Å². The van der Waals surface area contributed by atoms with Crippen molar-refractivity contribution in [3.8, 4) is 0 Å². The van der Waals surface area contributed by atoms with Gasteiger partial charge in [-0.15, -0.1) is 11.3 Å². The normalized spacial score (nSPS) is 11.6. The summed E-state index contributed by atoms with van der Waals surface area (Å²) >= 11 is 1.16. The smallest absolute Gasteiger partial charge is 0.348 e. The number of ether oxygens (including phenoxy) is 1. The van der Waals surface area contributed by atoms with E-state index in [4.69, 9.17) is 4.74 Å². The molecule has 28 heavy (non-hydrogen) atoms. The fourth-order valence-electron chi connectivity index (χ4n) is 2.50. The lowest BCUT2D eigenvalue weighted by Crippen LogP contribution is -2.43. The third-order valence-electron chi connectivity index (χ3n) is 3.88. The van der Waals surface area contributed by atoms with Gasteiger partial charge in [0.05, 0.1) is 6.61 Å². The summed E-state index contributed by atoms with van der Waals surface area (Å²) in [6.07, 6.45) is -1.98. The van der Waals surface area contributed by atoms with E-state index in [-0.39, 0.29) is 12.2 Å². The predicted octanol–water partition coefficient (Wildman–Crippen LogP) is 3.55. The van der Waals surface area contributed by atoms with E-state index >= 15 is 0 Å². The lowest BCUT2D eigenvalue weighted by Gasteiger charge is -2.11. The Labute approximate surface area is 164 Å². The van der Waals surface area contributed by atoms with E-state index in [1.54, 1.807) is 49.4 Å². The van der Waals surface area contributed by atoms with Crippen molar-refractivity contribution in [1.82, 2.24) is 10.9 Å². The number of hydrogen-bond acceptors (Lipinski definition) is 5. The summed E-state index contributed by atoms with van der Waals surface area (Å²) in [4.78, 5) is 36.2. The fourth-order valence-corrected chi connectivity index (χ4v) is 3.51. The summed E-state index contributed by atoms with van der Waals surface area (Å²) in [5.41, 5.74) is 4.72. The highest BCUT2D eigenvalue weighted by atomic mass is 32.1. The average Bonchev–Trinajstić information content (AvgIpc) is 3.15. The minimum atomic E-state index is -1.98. The van der Waals surface area contributed by atoms with Crippen LogP contribution < -0.4 is 10.9 Å². The Bertz CT molecular complexity index is 1020. The first-order chi connectivity index (χ1) is 13.5. The monoisotopic (exact) mass is 400 g/mol. The third-order valence-corrected chi connectivity index (χ3v) is 4.96. The van der Waals surface area contributed by atoms with Gasteiger partial charge in [0, 0.05) is 10.3 Å². The molecule has 144 valence electrons. The maximum atomic E-state index is 14.5. The molecule has 2 N–H and O–H groups in total. The summed E-state index contributed by atoms with van der Waals surface area (Å²) in [6, 6.07) is 14.5. The van der Waals surface area contributed by atoms with Gasteiger partial charge >= 0.3 is 5.97 Å². The molecule has 2 amide bonds. The number of alkyl halides is 1. The molecule has 1 aromatic heterocycles. The fraction of sp³-hybridized carbons (Fsp3) is 0.150. The number of benzene rings is 2. The summed E-state index contributed by atoms with van der Waals surface area (Å²) in [6.45, 7) is 1.98. The number of hydrogen-bond donors (Lipinski definition) is 2. The molecule has 3 rings (SSSR count). The summed E-state index contributed by atoms with van der Waals surface area (Å²) in [5.74, 6) is -1.98. The van der Waals surface area contributed by atoms with Crippen LogP contribution in [0.1, 0.15) is 38.7 Å². The molecule has 8 heteroatoms. The summed E-state index contributed by atoms with van der Waals surface area (Å²) < 4.78 is 20.2. The molecule has 3 aromatic rings. The first kappa shape index (κ1) is 19.5. The van der Waals surface area contributed by atoms with E-state index in [1.807, 2.05) is 0 Å². The highest BCUT2D eigenvalue weighted by molar-refractivity contribution is 7.20. The van der Waals surface area contributed by atoms with Gasteiger partial charge in [-0.3, -0.25) is 20.4 Å². The number of fused-ring (bicyclic) bond motifs is 1. The summed E-state index contributed by atoms with van der Waals surface area (Å²) in [5, 5.41) is 0.752. The van der Waals surface area contributed by atoms with E-state index in [0.717, 1.165) is 16.7 Å². The highest BCUT2D eigenvalue weighted by Gasteiger charge is 2.21. The van der Waals surface area contributed by atoms with Crippen LogP contribution >= 0.6 is 11.3 Å². The van der Waals surface area contributed by atoms with Crippen molar-refractivity contribution in [1.29, 1.82) is 0 Å². The zero-order valence-corrected chi connectivity index (χ0v) is 15.7. The highest BCUT2D eigenvalue weighted by Crippen LogP contribution is 2.30. The number of carbonyl (C=O) groups is 3. The Kier molecular flexibility index (Phi) is 6.00. The topological polar surface area (TPSA) is 84.5 Å². The molecule has 1 heterocycles. The van der Waals surface area contributed by atoms with Crippen LogP contribution in [-0.4, -0.2) is 24.4 Å². The molecule has 1 atom stereocenters. The number of halogens is 1. The second-order valence-electron chi connectivity index (χ2n) is 5.80. The van der Waals surface area contributed by atoms with Crippen molar-refractivity contribution < 1.29 is 23.5 Å². The minimum absolute atomic E-state index is 0.121. The molecule has 2 aromatic carbocycles. The van der Waals surface area contributed by atoms with Gasteiger partial charge in [-0.2, -0.15) is 0 Å². The number of thiophene rings is 1. The minimum Gasteiger partial charge on any atom is -0.462 e. The van der Waals surface area contributed by atoms with Gasteiger partial charge < -0.3 is 4.74 Å². The average molecular weight is 400 g/mol. The van der Waals surface area contributed by atoms with E-state index in [9.17, 15) is 18.8 Å².